The number of hydrogen-bond acceptors (Lipinski definition) is 7. The van der Waals surface area contributed by atoms with Crippen LogP contribution in [-0.4, -0.2) is 51.8 Å². The van der Waals surface area contributed by atoms with E-state index in [0.29, 0.717) is 5.75 Å². The van der Waals surface area contributed by atoms with Gasteiger partial charge in [-0.15, -0.1) is 12.4 Å². The van der Waals surface area contributed by atoms with Crippen molar-refractivity contribution in [2.24, 2.45) is 5.92 Å². The lowest BCUT2D eigenvalue weighted by Gasteiger charge is -2.39. The Labute approximate surface area is 156 Å². The molecule has 140 valence electrons. The van der Waals surface area contributed by atoms with Crippen molar-refractivity contribution in [2.45, 2.75) is 31.4 Å². The lowest BCUT2D eigenvalue weighted by Crippen LogP contribution is -2.52. The Morgan fingerprint density at radius 1 is 1.27 bits per heavy atom. The summed E-state index contributed by atoms with van der Waals surface area (Å²) in [7, 11) is 0. The number of hydrogen-bond donors (Lipinski definition) is 3. The summed E-state index contributed by atoms with van der Waals surface area (Å²) < 4.78 is 11.2. The summed E-state index contributed by atoms with van der Waals surface area (Å²) in [6.45, 7) is 1.62. The number of morpholine rings is 1. The van der Waals surface area contributed by atoms with Crippen LogP contribution in [0.2, 0.25) is 0 Å². The molecule has 2 fully saturated rings. The molecule has 0 radical (unpaired) electrons. The van der Waals surface area contributed by atoms with Crippen LogP contribution < -0.4 is 15.4 Å². The molecule has 2 aliphatic rings. The summed E-state index contributed by atoms with van der Waals surface area (Å²) in [6, 6.07) is 7.51. The molecule has 2 heterocycles. The van der Waals surface area contributed by atoms with Crippen molar-refractivity contribution in [3.8, 4) is 11.8 Å². The zero-order valence-corrected chi connectivity index (χ0v) is 14.9. The Hall–Kier alpha value is -2.23. The Morgan fingerprint density at radius 3 is 2.88 bits per heavy atom. The fraction of sp³-hybridized carbons (Fsp3) is 0.500. The average molecular weight is 381 g/mol. The van der Waals surface area contributed by atoms with Gasteiger partial charge in [0, 0.05) is 24.2 Å². The van der Waals surface area contributed by atoms with Crippen LogP contribution in [0.15, 0.2) is 24.3 Å². The molecule has 3 atom stereocenters. The molecule has 0 bridgehead atoms. The number of aromatic nitrogens is 4. The van der Waals surface area contributed by atoms with Gasteiger partial charge in [-0.05, 0) is 48.7 Å². The Morgan fingerprint density at radius 2 is 2.12 bits per heavy atom. The summed E-state index contributed by atoms with van der Waals surface area (Å²) >= 11 is 0. The number of amides is 1. The number of ether oxygens (including phenoxy) is 2. The first-order valence-electron chi connectivity index (χ1n) is 8.45. The third kappa shape index (κ3) is 4.29. The predicted molar refractivity (Wildman–Crippen MR) is 95.4 cm³/mol. The number of carbonyl (C=O) groups is 1. The molecule has 26 heavy (non-hydrogen) atoms. The van der Waals surface area contributed by atoms with Crippen molar-refractivity contribution in [1.82, 2.24) is 25.9 Å². The highest BCUT2D eigenvalue weighted by molar-refractivity contribution is 5.92. The summed E-state index contributed by atoms with van der Waals surface area (Å²) in [5, 5.41) is 19.6. The second kappa shape index (κ2) is 8.43. The number of H-pyrrole nitrogens is 1. The van der Waals surface area contributed by atoms with Gasteiger partial charge in [-0.3, -0.25) is 4.79 Å². The monoisotopic (exact) mass is 380 g/mol. The van der Waals surface area contributed by atoms with Gasteiger partial charge < -0.3 is 20.1 Å². The van der Waals surface area contributed by atoms with Crippen molar-refractivity contribution in [2.75, 3.05) is 18.5 Å². The molecule has 9 nitrogen and oxygen atoms in total. The summed E-state index contributed by atoms with van der Waals surface area (Å²) in [5.74, 6) is 0.631. The molecule has 0 unspecified atom stereocenters. The van der Waals surface area contributed by atoms with Gasteiger partial charge in [0.1, 0.15) is 5.75 Å². The van der Waals surface area contributed by atoms with Gasteiger partial charge in [-0.2, -0.15) is 5.21 Å². The van der Waals surface area contributed by atoms with Crippen molar-refractivity contribution < 1.29 is 14.3 Å². The molecular weight excluding hydrogens is 360 g/mol. The summed E-state index contributed by atoms with van der Waals surface area (Å²) in [5.41, 5.74) is 0.737. The number of aromatic amines is 1. The van der Waals surface area contributed by atoms with E-state index >= 15 is 0 Å². The van der Waals surface area contributed by atoms with Crippen LogP contribution >= 0.6 is 12.4 Å². The first kappa shape index (κ1) is 18.6. The van der Waals surface area contributed by atoms with E-state index in [1.165, 1.54) is 0 Å². The van der Waals surface area contributed by atoms with Gasteiger partial charge >= 0.3 is 6.01 Å². The lowest BCUT2D eigenvalue weighted by molar-refractivity contribution is -0.123. The van der Waals surface area contributed by atoms with E-state index in [1.807, 2.05) is 0 Å². The van der Waals surface area contributed by atoms with E-state index in [0.717, 1.165) is 38.1 Å². The second-order valence-corrected chi connectivity index (χ2v) is 6.29. The number of nitrogens with one attached hydrogen (secondary N) is 3. The van der Waals surface area contributed by atoms with E-state index in [2.05, 4.69) is 31.3 Å². The molecule has 1 amide bonds. The van der Waals surface area contributed by atoms with Crippen LogP contribution in [0.1, 0.15) is 19.3 Å². The second-order valence-electron chi connectivity index (χ2n) is 6.29. The minimum absolute atomic E-state index is 0. The number of tetrazole rings is 1. The number of carbonyl (C=O) groups excluding carboxylic acids is 1. The Balaban J connectivity index is 0.00000196. The van der Waals surface area contributed by atoms with Crippen LogP contribution in [0.3, 0.4) is 0 Å². The van der Waals surface area contributed by atoms with Gasteiger partial charge in [0.15, 0.2) is 0 Å². The topological polar surface area (TPSA) is 114 Å². The highest BCUT2D eigenvalue weighted by Crippen LogP contribution is 2.29. The number of halogens is 1. The third-order valence-corrected chi connectivity index (χ3v) is 4.66. The highest BCUT2D eigenvalue weighted by Gasteiger charge is 2.35. The van der Waals surface area contributed by atoms with E-state index in [-0.39, 0.29) is 42.4 Å². The maximum Gasteiger partial charge on any atom is 0.361 e. The normalized spacial score (nSPS) is 24.8. The van der Waals surface area contributed by atoms with Crippen LogP contribution in [0, 0.1) is 5.92 Å². The number of rotatable bonds is 4. The van der Waals surface area contributed by atoms with Crippen LogP contribution in [0.25, 0.3) is 0 Å². The Bertz CT molecular complexity index is 711. The van der Waals surface area contributed by atoms with E-state index in [1.54, 1.807) is 24.3 Å². The quantitative estimate of drug-likeness (QED) is 0.736. The summed E-state index contributed by atoms with van der Waals surface area (Å²) in [4.78, 5) is 12.5. The number of fused-ring (bicyclic) bond motifs is 1. The largest absolute Gasteiger partial charge is 0.422 e. The fourth-order valence-corrected chi connectivity index (χ4v) is 3.40. The molecule has 4 rings (SSSR count). The fourth-order valence-electron chi connectivity index (χ4n) is 3.40. The maximum absolute atomic E-state index is 12.5. The molecule has 1 aromatic carbocycles. The first-order chi connectivity index (χ1) is 12.3. The lowest BCUT2D eigenvalue weighted by atomic mass is 9.82. The predicted octanol–water partition coefficient (Wildman–Crippen LogP) is 1.51. The highest BCUT2D eigenvalue weighted by atomic mass is 35.5. The average Bonchev–Trinajstić information content (AvgIpc) is 3.16. The van der Waals surface area contributed by atoms with E-state index < -0.39 is 0 Å². The molecule has 1 aliphatic carbocycles. The van der Waals surface area contributed by atoms with Crippen LogP contribution in [0.4, 0.5) is 5.69 Å². The third-order valence-electron chi connectivity index (χ3n) is 4.66. The standard InChI is InChI=1S/C16H20N6O3.ClH/c23-15(10-1-6-14-13(9-10)17-7-8-24-14)18-11-2-4-12(5-3-11)25-16-19-21-22-20-16;/h2-5,10,13-14,17H,1,6-9H2,(H,18,23)(H,19,20,21,22);1H/t10-,13+,14+;/m0./s1. The van der Waals surface area contributed by atoms with Gasteiger partial charge in [-0.25, -0.2) is 0 Å². The molecule has 1 saturated heterocycles. The van der Waals surface area contributed by atoms with E-state index in [9.17, 15) is 4.79 Å². The molecule has 10 heteroatoms. The zero-order chi connectivity index (χ0) is 17.1. The maximum atomic E-state index is 12.5. The van der Waals surface area contributed by atoms with Gasteiger partial charge in [0.05, 0.1) is 12.7 Å². The number of anilines is 1. The smallest absolute Gasteiger partial charge is 0.361 e. The first-order valence-corrected chi connectivity index (χ1v) is 8.45. The van der Waals surface area contributed by atoms with Crippen molar-refractivity contribution in [1.29, 1.82) is 0 Å². The number of benzene rings is 1. The van der Waals surface area contributed by atoms with Gasteiger partial charge in [0.25, 0.3) is 0 Å². The van der Waals surface area contributed by atoms with Gasteiger partial charge in [0.2, 0.25) is 5.91 Å². The zero-order valence-electron chi connectivity index (χ0n) is 14.1. The molecular formula is C16H21ClN6O3. The molecule has 3 N–H and O–H groups in total. The molecule has 1 aliphatic heterocycles. The Kier molecular flexibility index (Phi) is 6.02. The van der Waals surface area contributed by atoms with Crippen molar-refractivity contribution >= 4 is 24.0 Å². The van der Waals surface area contributed by atoms with Crippen LogP contribution in [0.5, 0.6) is 11.8 Å². The van der Waals surface area contributed by atoms with Crippen LogP contribution in [-0.2, 0) is 9.53 Å². The summed E-state index contributed by atoms with van der Waals surface area (Å²) in [6.07, 6.45) is 2.84. The minimum Gasteiger partial charge on any atom is -0.422 e. The SMILES string of the molecule is Cl.O=C(Nc1ccc(Oc2nn[nH]n2)cc1)[C@H]1CC[C@H]2OCCN[C@@H]2C1. The molecule has 2 aromatic rings. The minimum atomic E-state index is 0. The van der Waals surface area contributed by atoms with Crippen molar-refractivity contribution in [3.05, 3.63) is 24.3 Å². The molecule has 1 saturated carbocycles. The van der Waals surface area contributed by atoms with E-state index in [4.69, 9.17) is 9.47 Å². The van der Waals surface area contributed by atoms with Gasteiger partial charge in [-0.1, -0.05) is 10.2 Å². The number of nitrogens with zero attached hydrogens (tertiary/aromatic N) is 3. The van der Waals surface area contributed by atoms with Crippen molar-refractivity contribution in [3.63, 3.8) is 0 Å². The molecule has 0 spiro atoms. The molecule has 1 aromatic heterocycles.